The normalized spacial score (nSPS) is 20.6. The molecule has 0 spiro atoms. The SMILES string of the molecule is CC(CN(C)C1CCC1)C(N)=S. The first kappa shape index (κ1) is 9.93. The topological polar surface area (TPSA) is 29.3 Å². The molecule has 1 aliphatic rings. The molecule has 1 fully saturated rings. The van der Waals surface area contributed by atoms with Crippen molar-refractivity contribution in [2.45, 2.75) is 32.2 Å². The summed E-state index contributed by atoms with van der Waals surface area (Å²) in [7, 11) is 2.17. The lowest BCUT2D eigenvalue weighted by atomic mass is 9.91. The second-order valence-corrected chi connectivity index (χ2v) is 4.30. The largest absolute Gasteiger partial charge is 0.393 e. The van der Waals surface area contributed by atoms with Crippen LogP contribution in [0.4, 0.5) is 0 Å². The molecule has 0 saturated heterocycles. The molecule has 0 aromatic rings. The molecule has 2 nitrogen and oxygen atoms in total. The first-order valence-electron chi connectivity index (χ1n) is 4.61. The summed E-state index contributed by atoms with van der Waals surface area (Å²) in [6, 6.07) is 0.793. The van der Waals surface area contributed by atoms with Crippen molar-refractivity contribution in [1.82, 2.24) is 4.90 Å². The molecule has 0 bridgehead atoms. The first-order chi connectivity index (χ1) is 5.61. The third-order valence-electron chi connectivity index (χ3n) is 2.75. The van der Waals surface area contributed by atoms with Gasteiger partial charge in [0, 0.05) is 18.5 Å². The monoisotopic (exact) mass is 186 g/mol. The predicted octanol–water partition coefficient (Wildman–Crippen LogP) is 1.39. The summed E-state index contributed by atoms with van der Waals surface area (Å²) in [5, 5.41) is 0. The van der Waals surface area contributed by atoms with Crippen LogP contribution in [0.3, 0.4) is 0 Å². The third-order valence-corrected chi connectivity index (χ3v) is 3.15. The highest BCUT2D eigenvalue weighted by Crippen LogP contribution is 2.23. The molecule has 12 heavy (non-hydrogen) atoms. The van der Waals surface area contributed by atoms with Gasteiger partial charge in [0.1, 0.15) is 0 Å². The smallest absolute Gasteiger partial charge is 0.0768 e. The molecule has 0 radical (unpaired) electrons. The summed E-state index contributed by atoms with van der Waals surface area (Å²) in [5.74, 6) is 0.352. The quantitative estimate of drug-likeness (QED) is 0.673. The van der Waals surface area contributed by atoms with Gasteiger partial charge in [-0.2, -0.15) is 0 Å². The van der Waals surface area contributed by atoms with Gasteiger partial charge in [-0.3, -0.25) is 0 Å². The van der Waals surface area contributed by atoms with Crippen molar-refractivity contribution in [3.8, 4) is 0 Å². The van der Waals surface area contributed by atoms with Crippen LogP contribution in [0.25, 0.3) is 0 Å². The van der Waals surface area contributed by atoms with Gasteiger partial charge in [-0.05, 0) is 19.9 Å². The number of thiocarbonyl (C=S) groups is 1. The van der Waals surface area contributed by atoms with Crippen molar-refractivity contribution in [3.63, 3.8) is 0 Å². The molecule has 1 unspecified atom stereocenters. The van der Waals surface area contributed by atoms with Crippen molar-refractivity contribution < 1.29 is 0 Å². The summed E-state index contributed by atoms with van der Waals surface area (Å²) in [6.07, 6.45) is 4.08. The second-order valence-electron chi connectivity index (χ2n) is 3.83. The zero-order chi connectivity index (χ0) is 9.14. The zero-order valence-electron chi connectivity index (χ0n) is 7.92. The number of hydrogen-bond donors (Lipinski definition) is 1. The molecule has 1 rings (SSSR count). The lowest BCUT2D eigenvalue weighted by molar-refractivity contribution is 0.152. The van der Waals surface area contributed by atoms with E-state index in [2.05, 4.69) is 18.9 Å². The maximum atomic E-state index is 5.55. The Morgan fingerprint density at radius 3 is 2.58 bits per heavy atom. The number of rotatable bonds is 4. The van der Waals surface area contributed by atoms with Crippen LogP contribution in [-0.2, 0) is 0 Å². The van der Waals surface area contributed by atoms with E-state index < -0.39 is 0 Å². The highest BCUT2D eigenvalue weighted by molar-refractivity contribution is 7.80. The van der Waals surface area contributed by atoms with Crippen LogP contribution in [0.15, 0.2) is 0 Å². The van der Waals surface area contributed by atoms with Gasteiger partial charge in [0.2, 0.25) is 0 Å². The molecule has 3 heteroatoms. The Labute approximate surface area is 80.1 Å². The maximum absolute atomic E-state index is 5.55. The molecule has 0 amide bonds. The molecule has 0 aromatic heterocycles. The van der Waals surface area contributed by atoms with Crippen LogP contribution in [0.1, 0.15) is 26.2 Å². The van der Waals surface area contributed by atoms with E-state index in [9.17, 15) is 0 Å². The maximum Gasteiger partial charge on any atom is 0.0768 e. The van der Waals surface area contributed by atoms with Gasteiger partial charge in [0.05, 0.1) is 4.99 Å². The second kappa shape index (κ2) is 4.19. The lowest BCUT2D eigenvalue weighted by Crippen LogP contribution is -2.41. The third kappa shape index (κ3) is 2.42. The summed E-state index contributed by atoms with van der Waals surface area (Å²) < 4.78 is 0. The van der Waals surface area contributed by atoms with E-state index >= 15 is 0 Å². The van der Waals surface area contributed by atoms with Gasteiger partial charge >= 0.3 is 0 Å². The minimum absolute atomic E-state index is 0.352. The van der Waals surface area contributed by atoms with Crippen LogP contribution in [0, 0.1) is 5.92 Å². The fourth-order valence-electron chi connectivity index (χ4n) is 1.50. The van der Waals surface area contributed by atoms with E-state index in [0.717, 1.165) is 12.6 Å². The standard InChI is InChI=1S/C9H18N2S/c1-7(9(10)12)6-11(2)8-4-3-5-8/h7-8H,3-6H2,1-2H3,(H2,10,12). The van der Waals surface area contributed by atoms with Gasteiger partial charge in [-0.25, -0.2) is 0 Å². The van der Waals surface area contributed by atoms with E-state index in [1.54, 1.807) is 0 Å². The van der Waals surface area contributed by atoms with E-state index in [4.69, 9.17) is 18.0 Å². The Balaban J connectivity index is 2.24. The molecular weight excluding hydrogens is 168 g/mol. The minimum Gasteiger partial charge on any atom is -0.393 e. The van der Waals surface area contributed by atoms with Crippen LogP contribution in [0.2, 0.25) is 0 Å². The Morgan fingerprint density at radius 2 is 2.25 bits per heavy atom. The fraction of sp³-hybridized carbons (Fsp3) is 0.889. The molecule has 1 saturated carbocycles. The zero-order valence-corrected chi connectivity index (χ0v) is 8.73. The average Bonchev–Trinajstić information content (AvgIpc) is 1.82. The minimum atomic E-state index is 0.352. The molecule has 1 aliphatic carbocycles. The van der Waals surface area contributed by atoms with Crippen molar-refractivity contribution in [2.24, 2.45) is 11.7 Å². The van der Waals surface area contributed by atoms with Crippen molar-refractivity contribution >= 4 is 17.2 Å². The van der Waals surface area contributed by atoms with Crippen LogP contribution in [-0.4, -0.2) is 29.5 Å². The van der Waals surface area contributed by atoms with Gasteiger partial charge in [0.25, 0.3) is 0 Å². The van der Waals surface area contributed by atoms with Gasteiger partial charge in [0.15, 0.2) is 0 Å². The molecule has 70 valence electrons. The number of nitrogens with zero attached hydrogens (tertiary/aromatic N) is 1. The Hall–Kier alpha value is -0.150. The Morgan fingerprint density at radius 1 is 1.67 bits per heavy atom. The summed E-state index contributed by atoms with van der Waals surface area (Å²) in [6.45, 7) is 3.11. The van der Waals surface area contributed by atoms with Crippen molar-refractivity contribution in [3.05, 3.63) is 0 Å². The van der Waals surface area contributed by atoms with Crippen molar-refractivity contribution in [2.75, 3.05) is 13.6 Å². The van der Waals surface area contributed by atoms with Crippen molar-refractivity contribution in [1.29, 1.82) is 0 Å². The molecular formula is C9H18N2S. The van der Waals surface area contributed by atoms with Crippen LogP contribution in [0.5, 0.6) is 0 Å². The molecule has 0 heterocycles. The summed E-state index contributed by atoms with van der Waals surface area (Å²) >= 11 is 4.93. The van der Waals surface area contributed by atoms with E-state index in [1.165, 1.54) is 19.3 Å². The van der Waals surface area contributed by atoms with Gasteiger partial charge in [-0.15, -0.1) is 0 Å². The van der Waals surface area contributed by atoms with E-state index in [0.29, 0.717) is 10.9 Å². The number of nitrogens with two attached hydrogens (primary N) is 1. The highest BCUT2D eigenvalue weighted by atomic mass is 32.1. The van der Waals surface area contributed by atoms with Crippen LogP contribution >= 0.6 is 12.2 Å². The number of hydrogen-bond acceptors (Lipinski definition) is 2. The summed E-state index contributed by atoms with van der Waals surface area (Å²) in [5.41, 5.74) is 5.55. The molecule has 1 atom stereocenters. The molecule has 2 N–H and O–H groups in total. The first-order valence-corrected chi connectivity index (χ1v) is 5.01. The summed E-state index contributed by atoms with van der Waals surface area (Å²) in [4.78, 5) is 3.02. The Kier molecular flexibility index (Phi) is 3.47. The lowest BCUT2D eigenvalue weighted by Gasteiger charge is -2.36. The highest BCUT2D eigenvalue weighted by Gasteiger charge is 2.23. The van der Waals surface area contributed by atoms with Gasteiger partial charge in [-0.1, -0.05) is 25.6 Å². The van der Waals surface area contributed by atoms with E-state index in [1.807, 2.05) is 0 Å². The van der Waals surface area contributed by atoms with Gasteiger partial charge < -0.3 is 10.6 Å². The predicted molar refractivity (Wildman–Crippen MR) is 56.2 cm³/mol. The molecule has 0 aromatic carbocycles. The Bertz CT molecular complexity index is 166. The fourth-order valence-corrected chi connectivity index (χ4v) is 1.57. The average molecular weight is 186 g/mol. The van der Waals surface area contributed by atoms with E-state index in [-0.39, 0.29) is 0 Å². The van der Waals surface area contributed by atoms with Crippen LogP contribution < -0.4 is 5.73 Å². The molecule has 0 aliphatic heterocycles.